The summed E-state index contributed by atoms with van der Waals surface area (Å²) >= 11 is 4.71. The van der Waals surface area contributed by atoms with Crippen LogP contribution in [0, 0.1) is 0 Å². The molecule has 1 aromatic rings. The number of benzene rings is 1. The Balaban J connectivity index is 2.74. The first-order chi connectivity index (χ1) is 7.11. The summed E-state index contributed by atoms with van der Waals surface area (Å²) in [5.74, 6) is -0.275. The van der Waals surface area contributed by atoms with Gasteiger partial charge in [-0.05, 0) is 29.9 Å². The number of nitrogens with one attached hydrogen (secondary N) is 1. The highest BCUT2D eigenvalue weighted by atomic mass is 32.1. The zero-order valence-electron chi connectivity index (χ0n) is 8.32. The third-order valence-electron chi connectivity index (χ3n) is 1.77. The molecule has 3 N–H and O–H groups in total. The van der Waals surface area contributed by atoms with Crippen LogP contribution in [0.4, 0.5) is 5.69 Å². The zero-order chi connectivity index (χ0) is 11.3. The molecule has 1 rings (SSSR count). The van der Waals surface area contributed by atoms with E-state index in [0.717, 1.165) is 11.3 Å². The van der Waals surface area contributed by atoms with Gasteiger partial charge in [-0.25, -0.2) is 0 Å². The van der Waals surface area contributed by atoms with Gasteiger partial charge in [-0.2, -0.15) is 0 Å². The Morgan fingerprint density at radius 3 is 2.93 bits per heavy atom. The van der Waals surface area contributed by atoms with E-state index < -0.39 is 0 Å². The van der Waals surface area contributed by atoms with Crippen molar-refractivity contribution in [2.45, 2.75) is 6.42 Å². The van der Waals surface area contributed by atoms with Gasteiger partial charge in [0.1, 0.15) is 0 Å². The lowest BCUT2D eigenvalue weighted by molar-refractivity contribution is -0.139. The number of esters is 1. The van der Waals surface area contributed by atoms with Crippen molar-refractivity contribution >= 4 is 29.0 Å². The highest BCUT2D eigenvalue weighted by Crippen LogP contribution is 2.11. The highest BCUT2D eigenvalue weighted by molar-refractivity contribution is 7.80. The third kappa shape index (κ3) is 3.95. The SMILES string of the molecule is COC(=O)Cc1cccc(NC(N)=S)c1. The van der Waals surface area contributed by atoms with Crippen LogP contribution < -0.4 is 11.1 Å². The smallest absolute Gasteiger partial charge is 0.309 e. The third-order valence-corrected chi connectivity index (χ3v) is 1.87. The summed E-state index contributed by atoms with van der Waals surface area (Å²) in [7, 11) is 1.36. The maximum absolute atomic E-state index is 11.0. The van der Waals surface area contributed by atoms with Crippen LogP contribution in [0.25, 0.3) is 0 Å². The fraction of sp³-hybridized carbons (Fsp3) is 0.200. The molecular formula is C10H12N2O2S. The second-order valence-electron chi connectivity index (χ2n) is 2.94. The summed E-state index contributed by atoms with van der Waals surface area (Å²) in [5.41, 5.74) is 6.95. The van der Waals surface area contributed by atoms with Crippen LogP contribution in [0.15, 0.2) is 24.3 Å². The number of anilines is 1. The maximum Gasteiger partial charge on any atom is 0.309 e. The molecule has 0 atom stereocenters. The van der Waals surface area contributed by atoms with E-state index in [1.165, 1.54) is 7.11 Å². The van der Waals surface area contributed by atoms with Gasteiger partial charge in [0.2, 0.25) is 0 Å². The van der Waals surface area contributed by atoms with Crippen LogP contribution in [-0.2, 0) is 16.0 Å². The van der Waals surface area contributed by atoms with Gasteiger partial charge in [-0.1, -0.05) is 12.1 Å². The summed E-state index contributed by atoms with van der Waals surface area (Å²) in [6.07, 6.45) is 0.239. The second kappa shape index (κ2) is 5.31. The van der Waals surface area contributed by atoms with Crippen LogP contribution in [0.5, 0.6) is 0 Å². The molecule has 0 amide bonds. The van der Waals surface area contributed by atoms with Crippen LogP contribution in [0.1, 0.15) is 5.56 Å². The summed E-state index contributed by atoms with van der Waals surface area (Å²) in [5, 5.41) is 2.99. The summed E-state index contributed by atoms with van der Waals surface area (Å²) in [6, 6.07) is 7.27. The summed E-state index contributed by atoms with van der Waals surface area (Å²) < 4.78 is 4.57. The van der Waals surface area contributed by atoms with E-state index in [9.17, 15) is 4.79 Å². The van der Waals surface area contributed by atoms with Gasteiger partial charge >= 0.3 is 5.97 Å². The van der Waals surface area contributed by atoms with E-state index in [0.29, 0.717) is 0 Å². The minimum atomic E-state index is -0.275. The van der Waals surface area contributed by atoms with E-state index in [-0.39, 0.29) is 17.5 Å². The quantitative estimate of drug-likeness (QED) is 0.593. The Morgan fingerprint density at radius 1 is 1.60 bits per heavy atom. The molecule has 5 heteroatoms. The number of ether oxygens (including phenoxy) is 1. The van der Waals surface area contributed by atoms with Crippen molar-refractivity contribution in [2.75, 3.05) is 12.4 Å². The minimum absolute atomic E-state index is 0.199. The monoisotopic (exact) mass is 224 g/mol. The fourth-order valence-electron chi connectivity index (χ4n) is 1.14. The summed E-state index contributed by atoms with van der Waals surface area (Å²) in [6.45, 7) is 0. The topological polar surface area (TPSA) is 64.3 Å². The molecule has 80 valence electrons. The standard InChI is InChI=1S/C10H12N2O2S/c1-14-9(13)6-7-3-2-4-8(5-7)12-10(11)15/h2-5H,6H2,1H3,(H3,11,12,15). The molecule has 1 aromatic carbocycles. The molecule has 0 spiro atoms. The number of nitrogens with two attached hydrogens (primary N) is 1. The number of carbonyl (C=O) groups excluding carboxylic acids is 1. The van der Waals surface area contributed by atoms with Crippen LogP contribution in [0.3, 0.4) is 0 Å². The molecule has 0 saturated carbocycles. The molecule has 0 fully saturated rings. The number of thiocarbonyl (C=S) groups is 1. The number of methoxy groups -OCH3 is 1. The second-order valence-corrected chi connectivity index (χ2v) is 3.38. The first-order valence-electron chi connectivity index (χ1n) is 4.34. The van der Waals surface area contributed by atoms with Gasteiger partial charge in [-0.3, -0.25) is 4.79 Å². The van der Waals surface area contributed by atoms with Crippen molar-refractivity contribution in [3.05, 3.63) is 29.8 Å². The molecule has 0 saturated heterocycles. The van der Waals surface area contributed by atoms with Crippen molar-refractivity contribution in [1.82, 2.24) is 0 Å². The minimum Gasteiger partial charge on any atom is -0.469 e. The molecule has 0 aromatic heterocycles. The molecule has 0 aliphatic rings. The molecule has 0 radical (unpaired) electrons. The summed E-state index contributed by atoms with van der Waals surface area (Å²) in [4.78, 5) is 11.0. The first kappa shape index (κ1) is 11.5. The van der Waals surface area contributed by atoms with Crippen molar-refractivity contribution in [1.29, 1.82) is 0 Å². The Bertz CT molecular complexity index is 379. The number of hydrogen-bond donors (Lipinski definition) is 2. The van der Waals surface area contributed by atoms with E-state index in [4.69, 9.17) is 18.0 Å². The molecule has 0 heterocycles. The van der Waals surface area contributed by atoms with E-state index >= 15 is 0 Å². The average molecular weight is 224 g/mol. The highest BCUT2D eigenvalue weighted by Gasteiger charge is 2.03. The van der Waals surface area contributed by atoms with Crippen LogP contribution in [0.2, 0.25) is 0 Å². The molecule has 0 aliphatic heterocycles. The predicted octanol–water partition coefficient (Wildman–Crippen LogP) is 1.06. The van der Waals surface area contributed by atoms with Crippen molar-refractivity contribution in [2.24, 2.45) is 5.73 Å². The first-order valence-corrected chi connectivity index (χ1v) is 4.75. The Kier molecular flexibility index (Phi) is 4.05. The predicted molar refractivity (Wildman–Crippen MR) is 62.6 cm³/mol. The van der Waals surface area contributed by atoms with Crippen LogP contribution >= 0.6 is 12.2 Å². The van der Waals surface area contributed by atoms with Crippen molar-refractivity contribution < 1.29 is 9.53 Å². The molecule has 15 heavy (non-hydrogen) atoms. The Labute approximate surface area is 93.4 Å². The van der Waals surface area contributed by atoms with Crippen LogP contribution in [-0.4, -0.2) is 18.2 Å². The molecule has 0 unspecified atom stereocenters. The van der Waals surface area contributed by atoms with Gasteiger partial charge in [0.05, 0.1) is 13.5 Å². The largest absolute Gasteiger partial charge is 0.469 e. The zero-order valence-corrected chi connectivity index (χ0v) is 9.14. The average Bonchev–Trinajstić information content (AvgIpc) is 2.17. The normalized spacial score (nSPS) is 9.40. The lowest BCUT2D eigenvalue weighted by Gasteiger charge is -2.05. The molecular weight excluding hydrogens is 212 g/mol. The fourth-order valence-corrected chi connectivity index (χ4v) is 1.26. The number of hydrogen-bond acceptors (Lipinski definition) is 3. The van der Waals surface area contributed by atoms with E-state index in [1.807, 2.05) is 18.2 Å². The Morgan fingerprint density at radius 2 is 2.33 bits per heavy atom. The molecule has 0 bridgehead atoms. The van der Waals surface area contributed by atoms with Crippen molar-refractivity contribution in [3.63, 3.8) is 0 Å². The number of rotatable bonds is 3. The van der Waals surface area contributed by atoms with E-state index in [1.54, 1.807) is 6.07 Å². The lowest BCUT2D eigenvalue weighted by Crippen LogP contribution is -2.19. The van der Waals surface area contributed by atoms with Gasteiger partial charge in [0.25, 0.3) is 0 Å². The molecule has 4 nitrogen and oxygen atoms in total. The number of carbonyl (C=O) groups is 1. The Hall–Kier alpha value is -1.62. The van der Waals surface area contributed by atoms with Gasteiger partial charge in [0, 0.05) is 5.69 Å². The van der Waals surface area contributed by atoms with Gasteiger partial charge < -0.3 is 15.8 Å². The van der Waals surface area contributed by atoms with Gasteiger partial charge in [-0.15, -0.1) is 0 Å². The molecule has 0 aliphatic carbocycles. The lowest BCUT2D eigenvalue weighted by atomic mass is 10.1. The van der Waals surface area contributed by atoms with Gasteiger partial charge in [0.15, 0.2) is 5.11 Å². The van der Waals surface area contributed by atoms with E-state index in [2.05, 4.69) is 10.1 Å². The maximum atomic E-state index is 11.0. The van der Waals surface area contributed by atoms with Crippen molar-refractivity contribution in [3.8, 4) is 0 Å².